The van der Waals surface area contributed by atoms with Gasteiger partial charge in [-0.15, -0.1) is 11.6 Å². The Kier molecular flexibility index (Phi) is 4.63. The summed E-state index contributed by atoms with van der Waals surface area (Å²) >= 11 is 5.58. The SMILES string of the molecule is CC(C)C(C)N(C)S(=O)(=O)c1ccc(CCl)o1. The van der Waals surface area contributed by atoms with Gasteiger partial charge in [0.15, 0.2) is 0 Å². The first kappa shape index (κ1) is 14.5. The maximum atomic E-state index is 12.2. The van der Waals surface area contributed by atoms with Crippen molar-refractivity contribution in [1.82, 2.24) is 4.31 Å². The van der Waals surface area contributed by atoms with Crippen LogP contribution in [-0.4, -0.2) is 25.8 Å². The van der Waals surface area contributed by atoms with Crippen molar-refractivity contribution in [3.05, 3.63) is 17.9 Å². The minimum absolute atomic E-state index is 0.0526. The van der Waals surface area contributed by atoms with Crippen LogP contribution in [0.1, 0.15) is 26.5 Å². The van der Waals surface area contributed by atoms with Gasteiger partial charge in [-0.1, -0.05) is 13.8 Å². The third kappa shape index (κ3) is 3.03. The van der Waals surface area contributed by atoms with Crippen molar-refractivity contribution in [2.24, 2.45) is 5.92 Å². The molecule has 0 fully saturated rings. The molecule has 0 amide bonds. The number of alkyl halides is 1. The molecule has 1 atom stereocenters. The van der Waals surface area contributed by atoms with E-state index < -0.39 is 10.0 Å². The summed E-state index contributed by atoms with van der Waals surface area (Å²) in [4.78, 5) is 0. The molecule has 1 unspecified atom stereocenters. The second-order valence-electron chi connectivity index (χ2n) is 4.36. The molecule has 1 rings (SSSR count). The maximum Gasteiger partial charge on any atom is 0.276 e. The van der Waals surface area contributed by atoms with E-state index in [1.54, 1.807) is 13.1 Å². The Labute approximate surface area is 108 Å². The highest BCUT2D eigenvalue weighted by molar-refractivity contribution is 7.89. The Morgan fingerprint density at radius 1 is 1.35 bits per heavy atom. The highest BCUT2D eigenvalue weighted by Gasteiger charge is 2.29. The third-order valence-corrected chi connectivity index (χ3v) is 5.02. The normalized spacial score (nSPS) is 14.5. The number of sulfonamides is 1. The first-order valence-electron chi connectivity index (χ1n) is 5.43. The van der Waals surface area contributed by atoms with Gasteiger partial charge in [0.05, 0.1) is 5.88 Å². The van der Waals surface area contributed by atoms with Crippen molar-refractivity contribution < 1.29 is 12.8 Å². The monoisotopic (exact) mass is 279 g/mol. The van der Waals surface area contributed by atoms with E-state index in [0.717, 1.165) is 0 Å². The smallest absolute Gasteiger partial charge is 0.276 e. The zero-order valence-corrected chi connectivity index (χ0v) is 12.0. The van der Waals surface area contributed by atoms with Crippen LogP contribution in [0.5, 0.6) is 0 Å². The quantitative estimate of drug-likeness (QED) is 0.779. The second-order valence-corrected chi connectivity index (χ2v) is 6.56. The van der Waals surface area contributed by atoms with Gasteiger partial charge < -0.3 is 4.42 Å². The lowest BCUT2D eigenvalue weighted by molar-refractivity contribution is 0.304. The van der Waals surface area contributed by atoms with Crippen molar-refractivity contribution in [3.63, 3.8) is 0 Å². The summed E-state index contributed by atoms with van der Waals surface area (Å²) in [6.45, 7) is 5.82. The zero-order chi connectivity index (χ0) is 13.2. The van der Waals surface area contributed by atoms with Crippen molar-refractivity contribution in [3.8, 4) is 0 Å². The average molecular weight is 280 g/mol. The molecule has 17 heavy (non-hydrogen) atoms. The van der Waals surface area contributed by atoms with Crippen LogP contribution >= 0.6 is 11.6 Å². The van der Waals surface area contributed by atoms with Crippen LogP contribution < -0.4 is 0 Å². The summed E-state index contributed by atoms with van der Waals surface area (Å²) in [6, 6.07) is 2.93. The Balaban J connectivity index is 3.02. The first-order chi connectivity index (χ1) is 7.80. The van der Waals surface area contributed by atoms with E-state index in [1.165, 1.54) is 10.4 Å². The van der Waals surface area contributed by atoms with Crippen LogP contribution in [0, 0.1) is 5.92 Å². The van der Waals surface area contributed by atoms with Crippen LogP contribution in [0.4, 0.5) is 0 Å². The largest absolute Gasteiger partial charge is 0.447 e. The number of furan rings is 1. The topological polar surface area (TPSA) is 50.5 Å². The Bertz CT molecular complexity index is 467. The minimum Gasteiger partial charge on any atom is -0.447 e. The highest BCUT2D eigenvalue weighted by Crippen LogP contribution is 2.22. The van der Waals surface area contributed by atoms with Gasteiger partial charge in [-0.25, -0.2) is 8.42 Å². The van der Waals surface area contributed by atoms with E-state index >= 15 is 0 Å². The molecule has 0 N–H and O–H groups in total. The fourth-order valence-corrected chi connectivity index (χ4v) is 2.91. The van der Waals surface area contributed by atoms with Crippen molar-refractivity contribution in [1.29, 1.82) is 0 Å². The lowest BCUT2D eigenvalue weighted by atomic mass is 10.1. The second kappa shape index (κ2) is 5.42. The van der Waals surface area contributed by atoms with Gasteiger partial charge in [-0.05, 0) is 25.0 Å². The fraction of sp³-hybridized carbons (Fsp3) is 0.636. The Hall–Kier alpha value is -0.520. The van der Waals surface area contributed by atoms with Crippen LogP contribution in [0.2, 0.25) is 0 Å². The molecule has 4 nitrogen and oxygen atoms in total. The average Bonchev–Trinajstić information content (AvgIpc) is 2.75. The van der Waals surface area contributed by atoms with Crippen LogP contribution in [-0.2, 0) is 15.9 Å². The summed E-state index contributed by atoms with van der Waals surface area (Å²) in [5.74, 6) is 0.854. The molecule has 0 saturated heterocycles. The van der Waals surface area contributed by atoms with Gasteiger partial charge in [-0.2, -0.15) is 4.31 Å². The van der Waals surface area contributed by atoms with Gasteiger partial charge in [0.25, 0.3) is 10.0 Å². The molecular formula is C11H18ClNO3S. The van der Waals surface area contributed by atoms with Crippen molar-refractivity contribution in [2.45, 2.75) is 37.8 Å². The van der Waals surface area contributed by atoms with E-state index in [2.05, 4.69) is 0 Å². The lowest BCUT2D eigenvalue weighted by Crippen LogP contribution is -2.38. The molecule has 1 heterocycles. The number of rotatable bonds is 5. The number of nitrogens with zero attached hydrogens (tertiary/aromatic N) is 1. The molecular weight excluding hydrogens is 262 g/mol. The summed E-state index contributed by atoms with van der Waals surface area (Å²) in [5.41, 5.74) is 0. The van der Waals surface area contributed by atoms with Crippen LogP contribution in [0.25, 0.3) is 0 Å². The van der Waals surface area contributed by atoms with Crippen LogP contribution in [0.3, 0.4) is 0 Å². The Morgan fingerprint density at radius 2 is 1.94 bits per heavy atom. The molecule has 0 aliphatic carbocycles. The molecule has 0 aliphatic rings. The fourth-order valence-electron chi connectivity index (χ4n) is 1.35. The molecule has 0 bridgehead atoms. The summed E-state index contributed by atoms with van der Waals surface area (Å²) in [6.07, 6.45) is 0. The van der Waals surface area contributed by atoms with Gasteiger partial charge in [-0.3, -0.25) is 0 Å². The molecule has 0 spiro atoms. The van der Waals surface area contributed by atoms with E-state index in [1.807, 2.05) is 20.8 Å². The number of halogens is 1. The highest BCUT2D eigenvalue weighted by atomic mass is 35.5. The predicted molar refractivity (Wildman–Crippen MR) is 67.5 cm³/mol. The van der Waals surface area contributed by atoms with Gasteiger partial charge in [0.2, 0.25) is 5.09 Å². The van der Waals surface area contributed by atoms with Crippen LogP contribution in [0.15, 0.2) is 21.6 Å². The molecule has 1 aromatic rings. The molecule has 0 radical (unpaired) electrons. The van der Waals surface area contributed by atoms with E-state index in [9.17, 15) is 8.42 Å². The maximum absolute atomic E-state index is 12.2. The standard InChI is InChI=1S/C11H18ClNO3S/c1-8(2)9(3)13(4)17(14,15)11-6-5-10(7-12)16-11/h5-6,8-9H,7H2,1-4H3. The third-order valence-electron chi connectivity index (χ3n) is 2.94. The number of hydrogen-bond donors (Lipinski definition) is 0. The number of hydrogen-bond acceptors (Lipinski definition) is 3. The van der Waals surface area contributed by atoms with Gasteiger partial charge in [0, 0.05) is 13.1 Å². The zero-order valence-electron chi connectivity index (χ0n) is 10.5. The first-order valence-corrected chi connectivity index (χ1v) is 7.41. The molecule has 0 aromatic carbocycles. The summed E-state index contributed by atoms with van der Waals surface area (Å²) in [7, 11) is -2.01. The van der Waals surface area contributed by atoms with E-state index in [4.69, 9.17) is 16.0 Å². The summed E-state index contributed by atoms with van der Waals surface area (Å²) in [5, 5.41) is -0.0526. The molecule has 98 valence electrons. The van der Waals surface area contributed by atoms with Crippen molar-refractivity contribution in [2.75, 3.05) is 7.05 Å². The lowest BCUT2D eigenvalue weighted by Gasteiger charge is -2.26. The van der Waals surface area contributed by atoms with Gasteiger partial charge in [0.1, 0.15) is 5.76 Å². The van der Waals surface area contributed by atoms with Gasteiger partial charge >= 0.3 is 0 Å². The van der Waals surface area contributed by atoms with E-state index in [-0.39, 0.29) is 22.9 Å². The van der Waals surface area contributed by atoms with Crippen molar-refractivity contribution >= 4 is 21.6 Å². The molecule has 0 saturated carbocycles. The molecule has 6 heteroatoms. The predicted octanol–water partition coefficient (Wildman–Crippen LogP) is 2.68. The minimum atomic E-state index is -3.56. The molecule has 0 aliphatic heterocycles. The summed E-state index contributed by atoms with van der Waals surface area (Å²) < 4.78 is 30.9. The van der Waals surface area contributed by atoms with E-state index in [0.29, 0.717) is 5.76 Å². The Morgan fingerprint density at radius 3 is 2.35 bits per heavy atom. The molecule has 1 aromatic heterocycles.